The molecule has 0 aliphatic rings. The molecule has 0 aliphatic heterocycles. The zero-order chi connectivity index (χ0) is 11.2. The first-order chi connectivity index (χ1) is 6.89. The summed E-state index contributed by atoms with van der Waals surface area (Å²) < 4.78 is 1.98. The van der Waals surface area contributed by atoms with Gasteiger partial charge in [0.1, 0.15) is 0 Å². The molecule has 0 bridgehead atoms. The average molecular weight is 224 g/mol. The van der Waals surface area contributed by atoms with Gasteiger partial charge >= 0.3 is 0 Å². The van der Waals surface area contributed by atoms with E-state index in [2.05, 4.69) is 0 Å². The summed E-state index contributed by atoms with van der Waals surface area (Å²) in [5, 5.41) is 11.6. The van der Waals surface area contributed by atoms with Crippen LogP contribution in [0.25, 0.3) is 10.9 Å². The first-order valence-electron chi connectivity index (χ1n) is 4.87. The van der Waals surface area contributed by atoms with Crippen LogP contribution in [0.3, 0.4) is 0 Å². The number of aryl methyl sites for hydroxylation is 1. The minimum absolute atomic E-state index is 0.721. The summed E-state index contributed by atoms with van der Waals surface area (Å²) >= 11 is 6.10. The normalized spacial score (nSPS) is 12.3. The number of fused-ring (bicyclic) bond motifs is 1. The van der Waals surface area contributed by atoms with E-state index in [1.807, 2.05) is 36.0 Å². The van der Waals surface area contributed by atoms with Crippen molar-refractivity contribution >= 4 is 22.5 Å². The van der Waals surface area contributed by atoms with Gasteiger partial charge in [-0.15, -0.1) is 0 Å². The Balaban J connectivity index is 2.71. The van der Waals surface area contributed by atoms with E-state index in [4.69, 9.17) is 11.6 Å². The summed E-state index contributed by atoms with van der Waals surface area (Å²) in [6.45, 7) is 3.54. The van der Waals surface area contributed by atoms with Crippen LogP contribution in [0.4, 0.5) is 0 Å². The van der Waals surface area contributed by atoms with E-state index in [9.17, 15) is 5.11 Å². The van der Waals surface area contributed by atoms with Crippen molar-refractivity contribution in [1.29, 1.82) is 0 Å². The lowest BCUT2D eigenvalue weighted by molar-refractivity contribution is 0.0787. The highest BCUT2D eigenvalue weighted by molar-refractivity contribution is 6.35. The molecule has 0 saturated carbocycles. The van der Waals surface area contributed by atoms with Crippen LogP contribution >= 0.6 is 11.6 Å². The summed E-state index contributed by atoms with van der Waals surface area (Å²) in [4.78, 5) is 0. The molecule has 1 aromatic heterocycles. The molecule has 0 fully saturated rings. The molecule has 15 heavy (non-hydrogen) atoms. The van der Waals surface area contributed by atoms with E-state index in [-0.39, 0.29) is 0 Å². The maximum atomic E-state index is 9.90. The molecule has 0 saturated heterocycles. The smallest absolute Gasteiger partial charge is 0.0840 e. The second kappa shape index (κ2) is 3.26. The van der Waals surface area contributed by atoms with Gasteiger partial charge in [-0.2, -0.15) is 0 Å². The predicted molar refractivity (Wildman–Crippen MR) is 63.2 cm³/mol. The van der Waals surface area contributed by atoms with Gasteiger partial charge in [-0.3, -0.25) is 0 Å². The molecule has 2 aromatic rings. The van der Waals surface area contributed by atoms with Crippen molar-refractivity contribution < 1.29 is 5.11 Å². The molecule has 80 valence electrons. The molecular formula is C12H14ClNO. The number of hydrogen-bond acceptors (Lipinski definition) is 1. The van der Waals surface area contributed by atoms with Crippen LogP contribution in [-0.2, 0) is 12.6 Å². The Labute approximate surface area is 94.1 Å². The monoisotopic (exact) mass is 223 g/mol. The molecule has 0 amide bonds. The molecule has 2 rings (SSSR count). The Morgan fingerprint density at radius 2 is 2.00 bits per heavy atom. The maximum absolute atomic E-state index is 9.90. The number of rotatable bonds is 1. The van der Waals surface area contributed by atoms with Crippen molar-refractivity contribution in [2.75, 3.05) is 0 Å². The topological polar surface area (TPSA) is 25.2 Å². The summed E-state index contributed by atoms with van der Waals surface area (Å²) in [6, 6.07) is 5.85. The Bertz CT molecular complexity index is 508. The number of hydrogen-bond donors (Lipinski definition) is 1. The minimum atomic E-state index is -0.826. The molecule has 1 heterocycles. The van der Waals surface area contributed by atoms with E-state index < -0.39 is 5.60 Å². The Hall–Kier alpha value is -0.990. The molecular weight excluding hydrogens is 210 g/mol. The summed E-state index contributed by atoms with van der Waals surface area (Å²) in [6.07, 6.45) is 1.88. The number of aliphatic hydroxyl groups is 1. The van der Waals surface area contributed by atoms with Crippen LogP contribution in [0.2, 0.25) is 5.02 Å². The summed E-state index contributed by atoms with van der Waals surface area (Å²) in [5.41, 5.74) is 1.13. The van der Waals surface area contributed by atoms with Crippen LogP contribution < -0.4 is 0 Å². The third kappa shape index (κ3) is 1.75. The third-order valence-electron chi connectivity index (χ3n) is 2.65. The zero-order valence-corrected chi connectivity index (χ0v) is 9.84. The summed E-state index contributed by atoms with van der Waals surface area (Å²) in [7, 11) is 1.96. The van der Waals surface area contributed by atoms with Crippen molar-refractivity contribution in [1.82, 2.24) is 4.57 Å². The van der Waals surface area contributed by atoms with Crippen LogP contribution in [-0.4, -0.2) is 9.67 Å². The lowest BCUT2D eigenvalue weighted by Gasteiger charge is -2.17. The van der Waals surface area contributed by atoms with Crippen molar-refractivity contribution in [3.8, 4) is 0 Å². The number of aromatic nitrogens is 1. The first-order valence-corrected chi connectivity index (χ1v) is 5.25. The lowest BCUT2D eigenvalue weighted by atomic mass is 9.97. The van der Waals surface area contributed by atoms with Crippen LogP contribution in [0.5, 0.6) is 0 Å². The molecule has 0 atom stereocenters. The van der Waals surface area contributed by atoms with E-state index >= 15 is 0 Å². The van der Waals surface area contributed by atoms with Crippen molar-refractivity contribution in [2.45, 2.75) is 19.4 Å². The van der Waals surface area contributed by atoms with Gasteiger partial charge in [0.2, 0.25) is 0 Å². The van der Waals surface area contributed by atoms with Crippen molar-refractivity contribution in [3.63, 3.8) is 0 Å². The van der Waals surface area contributed by atoms with E-state index in [1.54, 1.807) is 13.8 Å². The van der Waals surface area contributed by atoms with E-state index in [0.717, 1.165) is 21.5 Å². The van der Waals surface area contributed by atoms with Crippen molar-refractivity contribution in [2.24, 2.45) is 7.05 Å². The average Bonchev–Trinajstić information content (AvgIpc) is 2.41. The van der Waals surface area contributed by atoms with Gasteiger partial charge in [0.15, 0.2) is 0 Å². The van der Waals surface area contributed by atoms with Gasteiger partial charge in [0.05, 0.1) is 10.6 Å². The molecule has 0 aliphatic carbocycles. The standard InChI is InChI=1S/C12H14ClNO/c1-12(2,15)8-4-5-11-9(6-8)10(13)7-14(11)3/h4-7,15H,1-3H3. The highest BCUT2D eigenvalue weighted by Crippen LogP contribution is 2.29. The number of nitrogens with zero attached hydrogens (tertiary/aromatic N) is 1. The fourth-order valence-electron chi connectivity index (χ4n) is 1.72. The first kappa shape index (κ1) is 10.5. The van der Waals surface area contributed by atoms with Gasteiger partial charge in [0.25, 0.3) is 0 Å². The summed E-state index contributed by atoms with van der Waals surface area (Å²) in [5.74, 6) is 0. The zero-order valence-electron chi connectivity index (χ0n) is 9.08. The minimum Gasteiger partial charge on any atom is -0.386 e. The SMILES string of the molecule is Cn1cc(Cl)c2cc(C(C)(C)O)ccc21. The van der Waals surface area contributed by atoms with Gasteiger partial charge in [0, 0.05) is 24.1 Å². The second-order valence-electron chi connectivity index (χ2n) is 4.38. The van der Waals surface area contributed by atoms with Gasteiger partial charge in [-0.1, -0.05) is 17.7 Å². The molecule has 1 aromatic carbocycles. The maximum Gasteiger partial charge on any atom is 0.0840 e. The Morgan fingerprint density at radius 1 is 1.33 bits per heavy atom. The van der Waals surface area contributed by atoms with Gasteiger partial charge in [-0.25, -0.2) is 0 Å². The molecule has 2 nitrogen and oxygen atoms in total. The highest BCUT2D eigenvalue weighted by Gasteiger charge is 2.17. The molecule has 1 N–H and O–H groups in total. The lowest BCUT2D eigenvalue weighted by Crippen LogP contribution is -2.15. The fraction of sp³-hybridized carbons (Fsp3) is 0.333. The van der Waals surface area contributed by atoms with Crippen LogP contribution in [0.1, 0.15) is 19.4 Å². The van der Waals surface area contributed by atoms with Gasteiger partial charge in [-0.05, 0) is 31.5 Å². The van der Waals surface area contributed by atoms with Crippen LogP contribution in [0, 0.1) is 0 Å². The third-order valence-corrected chi connectivity index (χ3v) is 2.95. The Kier molecular flexibility index (Phi) is 2.28. The van der Waals surface area contributed by atoms with Crippen molar-refractivity contribution in [3.05, 3.63) is 35.0 Å². The van der Waals surface area contributed by atoms with Gasteiger partial charge < -0.3 is 9.67 Å². The second-order valence-corrected chi connectivity index (χ2v) is 4.79. The largest absolute Gasteiger partial charge is 0.386 e. The predicted octanol–water partition coefficient (Wildman–Crippen LogP) is 3.06. The van der Waals surface area contributed by atoms with Crippen LogP contribution in [0.15, 0.2) is 24.4 Å². The highest BCUT2D eigenvalue weighted by atomic mass is 35.5. The molecule has 0 radical (unpaired) electrons. The van der Waals surface area contributed by atoms with E-state index in [0.29, 0.717) is 0 Å². The molecule has 3 heteroatoms. The molecule has 0 unspecified atom stereocenters. The molecule has 0 spiro atoms. The number of benzene rings is 1. The van der Waals surface area contributed by atoms with E-state index in [1.165, 1.54) is 0 Å². The quantitative estimate of drug-likeness (QED) is 0.790. The Morgan fingerprint density at radius 3 is 2.60 bits per heavy atom. The fourth-order valence-corrected chi connectivity index (χ4v) is 2.02. The number of halogens is 1.